The normalized spacial score (nSPS) is 21.9. The molecule has 164 valence electrons. The van der Waals surface area contributed by atoms with Gasteiger partial charge in [-0.3, -0.25) is 9.69 Å². The summed E-state index contributed by atoms with van der Waals surface area (Å²) in [5.41, 5.74) is 0. The fourth-order valence-corrected chi connectivity index (χ4v) is 7.07. The largest absolute Gasteiger partial charge is 0.355 e. The van der Waals surface area contributed by atoms with Crippen molar-refractivity contribution >= 4 is 38.9 Å². The second kappa shape index (κ2) is 10.1. The Morgan fingerprint density at radius 3 is 2.45 bits per heavy atom. The molecule has 2 aliphatic heterocycles. The number of piperazine rings is 1. The van der Waals surface area contributed by atoms with Crippen molar-refractivity contribution in [1.29, 1.82) is 0 Å². The molecule has 0 saturated carbocycles. The van der Waals surface area contributed by atoms with Crippen LogP contribution in [0, 0.1) is 11.8 Å². The Morgan fingerprint density at radius 2 is 1.86 bits per heavy atom. The molecule has 0 radical (unpaired) electrons. The number of nitrogens with zero attached hydrogens (tertiary/aromatic N) is 3. The van der Waals surface area contributed by atoms with Crippen LogP contribution in [-0.2, 0) is 14.8 Å². The van der Waals surface area contributed by atoms with Crippen LogP contribution in [-0.4, -0.2) is 87.8 Å². The summed E-state index contributed by atoms with van der Waals surface area (Å²) in [6.07, 6.45) is 1.40. The number of carbonyl (C=O) groups is 1. The lowest BCUT2D eigenvalue weighted by atomic mass is 9.85. The van der Waals surface area contributed by atoms with Gasteiger partial charge in [0.25, 0.3) is 10.0 Å². The maximum Gasteiger partial charge on any atom is 0.252 e. The highest BCUT2D eigenvalue weighted by atomic mass is 35.5. The van der Waals surface area contributed by atoms with Gasteiger partial charge in [0, 0.05) is 58.3 Å². The minimum Gasteiger partial charge on any atom is -0.355 e. The van der Waals surface area contributed by atoms with Gasteiger partial charge in [0.15, 0.2) is 0 Å². The first kappa shape index (κ1) is 23.0. The van der Waals surface area contributed by atoms with E-state index in [-0.39, 0.29) is 22.0 Å². The number of nitrogens with one attached hydrogen (secondary N) is 1. The van der Waals surface area contributed by atoms with E-state index in [1.165, 1.54) is 4.31 Å². The fourth-order valence-electron chi connectivity index (χ4n) is 3.96. The zero-order chi connectivity index (χ0) is 21.0. The third-order valence-electron chi connectivity index (χ3n) is 6.09. The topological polar surface area (TPSA) is 73.0 Å². The molecule has 2 fully saturated rings. The number of halogens is 1. The predicted molar refractivity (Wildman–Crippen MR) is 117 cm³/mol. The van der Waals surface area contributed by atoms with Crippen molar-refractivity contribution in [2.75, 3.05) is 59.4 Å². The summed E-state index contributed by atoms with van der Waals surface area (Å²) in [7, 11) is -1.35. The van der Waals surface area contributed by atoms with E-state index in [2.05, 4.69) is 22.2 Å². The number of thiophene rings is 1. The molecule has 1 amide bonds. The van der Waals surface area contributed by atoms with Crippen LogP contribution in [0.15, 0.2) is 16.3 Å². The molecule has 0 spiro atoms. The lowest BCUT2D eigenvalue weighted by molar-refractivity contribution is -0.126. The van der Waals surface area contributed by atoms with E-state index in [1.807, 2.05) is 6.92 Å². The first-order valence-electron chi connectivity index (χ1n) is 10.2. The average Bonchev–Trinajstić information content (AvgIpc) is 3.16. The van der Waals surface area contributed by atoms with Gasteiger partial charge in [-0.2, -0.15) is 4.31 Å². The molecule has 1 aromatic rings. The summed E-state index contributed by atoms with van der Waals surface area (Å²) in [6.45, 7) is 8.63. The molecule has 1 aromatic heterocycles. The number of piperidine rings is 1. The second-order valence-corrected chi connectivity index (χ2v) is 11.9. The molecule has 1 atom stereocenters. The Hall–Kier alpha value is -0.710. The smallest absolute Gasteiger partial charge is 0.252 e. The Bertz CT molecular complexity index is 785. The maximum atomic E-state index is 12.7. The molecule has 3 heterocycles. The number of hydrogen-bond acceptors (Lipinski definition) is 6. The Balaban J connectivity index is 1.42. The van der Waals surface area contributed by atoms with E-state index >= 15 is 0 Å². The van der Waals surface area contributed by atoms with Crippen LogP contribution in [0.3, 0.4) is 0 Å². The van der Waals surface area contributed by atoms with E-state index in [1.54, 1.807) is 12.1 Å². The summed E-state index contributed by atoms with van der Waals surface area (Å²) >= 11 is 6.97. The Kier molecular flexibility index (Phi) is 7.97. The van der Waals surface area contributed by atoms with Gasteiger partial charge in [0.2, 0.25) is 5.91 Å². The van der Waals surface area contributed by atoms with Crippen molar-refractivity contribution in [2.24, 2.45) is 11.8 Å². The van der Waals surface area contributed by atoms with Crippen LogP contribution < -0.4 is 5.32 Å². The summed E-state index contributed by atoms with van der Waals surface area (Å²) in [5, 5.41) is 3.07. The van der Waals surface area contributed by atoms with Gasteiger partial charge in [0.05, 0.1) is 4.34 Å². The van der Waals surface area contributed by atoms with Gasteiger partial charge in [-0.15, -0.1) is 11.3 Å². The molecule has 0 bridgehead atoms. The lowest BCUT2D eigenvalue weighted by Crippen LogP contribution is -2.47. The monoisotopic (exact) mass is 462 g/mol. The van der Waals surface area contributed by atoms with E-state index in [0.717, 1.165) is 44.1 Å². The number of likely N-dealkylation sites (N-methyl/N-ethyl adjacent to an activating group) is 1. The van der Waals surface area contributed by atoms with Gasteiger partial charge in [-0.05, 0) is 37.9 Å². The van der Waals surface area contributed by atoms with Crippen molar-refractivity contribution in [3.63, 3.8) is 0 Å². The standard InChI is InChI=1S/C19H31ClN4O3S2/c1-15(19(25)21-7-10-23-13-11-22(2)12-14-23)16-5-8-24(9-6-16)29(26,27)18-4-3-17(20)28-18/h3-4,15-16H,5-14H2,1-2H3,(H,21,25)/t15-/m0/s1. The van der Waals surface area contributed by atoms with Crippen LogP contribution in [0.25, 0.3) is 0 Å². The Labute approximate surface area is 183 Å². The number of hydrogen-bond donors (Lipinski definition) is 1. The lowest BCUT2D eigenvalue weighted by Gasteiger charge is -2.34. The third-order valence-corrected chi connectivity index (χ3v) is 9.68. The molecular weight excluding hydrogens is 432 g/mol. The van der Waals surface area contributed by atoms with Crippen molar-refractivity contribution in [3.05, 3.63) is 16.5 Å². The third kappa shape index (κ3) is 5.92. The molecule has 2 saturated heterocycles. The molecular formula is C19H31ClN4O3S2. The number of rotatable bonds is 7. The molecule has 29 heavy (non-hydrogen) atoms. The van der Waals surface area contributed by atoms with Gasteiger partial charge in [-0.25, -0.2) is 8.42 Å². The molecule has 2 aliphatic rings. The van der Waals surface area contributed by atoms with Gasteiger partial charge >= 0.3 is 0 Å². The summed E-state index contributed by atoms with van der Waals surface area (Å²) < 4.78 is 27.7. The first-order chi connectivity index (χ1) is 13.8. The van der Waals surface area contributed by atoms with Crippen molar-refractivity contribution in [1.82, 2.24) is 19.4 Å². The van der Waals surface area contributed by atoms with Crippen molar-refractivity contribution in [3.8, 4) is 0 Å². The minimum atomic E-state index is -3.48. The number of carbonyl (C=O) groups excluding carboxylic acids is 1. The van der Waals surface area contributed by atoms with Crippen LogP contribution in [0.5, 0.6) is 0 Å². The van der Waals surface area contributed by atoms with Gasteiger partial charge in [0.1, 0.15) is 4.21 Å². The van der Waals surface area contributed by atoms with E-state index < -0.39 is 10.0 Å². The van der Waals surface area contributed by atoms with Crippen molar-refractivity contribution in [2.45, 2.75) is 24.0 Å². The highest BCUT2D eigenvalue weighted by Crippen LogP contribution is 2.32. The van der Waals surface area contributed by atoms with E-state index in [0.29, 0.717) is 36.8 Å². The zero-order valence-electron chi connectivity index (χ0n) is 17.1. The van der Waals surface area contributed by atoms with E-state index in [4.69, 9.17) is 11.6 Å². The van der Waals surface area contributed by atoms with Crippen molar-refractivity contribution < 1.29 is 13.2 Å². The van der Waals surface area contributed by atoms with Gasteiger partial charge in [-0.1, -0.05) is 18.5 Å². The summed E-state index contributed by atoms with van der Waals surface area (Å²) in [4.78, 5) is 17.3. The SMILES string of the molecule is C[C@H](C(=O)NCCN1CCN(C)CC1)C1CCN(S(=O)(=O)c2ccc(Cl)s2)CC1. The van der Waals surface area contributed by atoms with Crippen LogP contribution in [0.1, 0.15) is 19.8 Å². The molecule has 10 heteroatoms. The van der Waals surface area contributed by atoms with Gasteiger partial charge < -0.3 is 10.2 Å². The summed E-state index contributed by atoms with van der Waals surface area (Å²) in [6, 6.07) is 3.17. The fraction of sp³-hybridized carbons (Fsp3) is 0.737. The second-order valence-electron chi connectivity index (χ2n) is 8.02. The van der Waals surface area contributed by atoms with Crippen LogP contribution in [0.4, 0.5) is 0 Å². The van der Waals surface area contributed by atoms with Crippen LogP contribution >= 0.6 is 22.9 Å². The summed E-state index contributed by atoms with van der Waals surface area (Å²) in [5.74, 6) is 0.172. The molecule has 1 N–H and O–H groups in total. The number of sulfonamides is 1. The highest BCUT2D eigenvalue weighted by molar-refractivity contribution is 7.91. The first-order valence-corrected chi connectivity index (χ1v) is 12.8. The van der Waals surface area contributed by atoms with E-state index in [9.17, 15) is 13.2 Å². The highest BCUT2D eigenvalue weighted by Gasteiger charge is 2.34. The molecule has 0 aliphatic carbocycles. The van der Waals surface area contributed by atoms with Crippen LogP contribution in [0.2, 0.25) is 4.34 Å². The molecule has 0 aromatic carbocycles. The predicted octanol–water partition coefficient (Wildman–Crippen LogP) is 1.80. The minimum absolute atomic E-state index is 0.0745. The molecule has 7 nitrogen and oxygen atoms in total. The molecule has 0 unspecified atom stereocenters. The number of amides is 1. The Morgan fingerprint density at radius 1 is 1.21 bits per heavy atom. The average molecular weight is 463 g/mol. The molecule has 3 rings (SSSR count). The quantitative estimate of drug-likeness (QED) is 0.669. The zero-order valence-corrected chi connectivity index (χ0v) is 19.5. The maximum absolute atomic E-state index is 12.7.